The van der Waals surface area contributed by atoms with Crippen LogP contribution in [0.3, 0.4) is 0 Å². The molecule has 1 unspecified atom stereocenters. The van der Waals surface area contributed by atoms with Gasteiger partial charge in [0.15, 0.2) is 0 Å². The maximum Gasteiger partial charge on any atom is 0.0794 e. The standard InChI is InChI=1S/C14H18N2S/c1-11(2)14(12-6-4-3-5-7-12)16-9-13-8-15-10-17-13/h3-8,10-11,14,16H,9H2,1-2H3. The van der Waals surface area contributed by atoms with Gasteiger partial charge in [0.1, 0.15) is 0 Å². The summed E-state index contributed by atoms with van der Waals surface area (Å²) in [5, 5.41) is 3.61. The van der Waals surface area contributed by atoms with Crippen molar-refractivity contribution in [2.45, 2.75) is 26.4 Å². The summed E-state index contributed by atoms with van der Waals surface area (Å²) in [5.41, 5.74) is 3.23. The maximum absolute atomic E-state index is 4.10. The minimum atomic E-state index is 0.401. The maximum atomic E-state index is 4.10. The normalized spacial score (nSPS) is 12.9. The van der Waals surface area contributed by atoms with Gasteiger partial charge in [-0.15, -0.1) is 11.3 Å². The van der Waals surface area contributed by atoms with Crippen molar-refractivity contribution in [3.05, 3.63) is 52.5 Å². The number of rotatable bonds is 5. The molecule has 0 amide bonds. The van der Waals surface area contributed by atoms with Crippen molar-refractivity contribution in [2.75, 3.05) is 0 Å². The summed E-state index contributed by atoms with van der Waals surface area (Å²) in [4.78, 5) is 5.38. The minimum absolute atomic E-state index is 0.401. The Morgan fingerprint density at radius 2 is 2.00 bits per heavy atom. The Labute approximate surface area is 107 Å². The number of aromatic nitrogens is 1. The summed E-state index contributed by atoms with van der Waals surface area (Å²) < 4.78 is 0. The van der Waals surface area contributed by atoms with E-state index in [-0.39, 0.29) is 0 Å². The highest BCUT2D eigenvalue weighted by Crippen LogP contribution is 2.22. The Hall–Kier alpha value is -1.19. The van der Waals surface area contributed by atoms with E-state index in [0.717, 1.165) is 6.54 Å². The van der Waals surface area contributed by atoms with E-state index >= 15 is 0 Å². The van der Waals surface area contributed by atoms with Gasteiger partial charge in [-0.3, -0.25) is 4.98 Å². The fourth-order valence-electron chi connectivity index (χ4n) is 1.94. The van der Waals surface area contributed by atoms with Crippen LogP contribution in [0.4, 0.5) is 0 Å². The molecule has 90 valence electrons. The molecular formula is C14H18N2S. The van der Waals surface area contributed by atoms with E-state index in [2.05, 4.69) is 54.5 Å². The Morgan fingerprint density at radius 3 is 2.59 bits per heavy atom. The van der Waals surface area contributed by atoms with E-state index in [0.29, 0.717) is 12.0 Å². The molecule has 2 aromatic rings. The van der Waals surface area contributed by atoms with Gasteiger partial charge in [-0.1, -0.05) is 44.2 Å². The van der Waals surface area contributed by atoms with E-state index in [1.54, 1.807) is 11.3 Å². The van der Waals surface area contributed by atoms with E-state index < -0.39 is 0 Å². The third kappa shape index (κ3) is 3.38. The second-order valence-corrected chi connectivity index (χ2v) is 5.45. The highest BCUT2D eigenvalue weighted by atomic mass is 32.1. The molecule has 1 heterocycles. The quantitative estimate of drug-likeness (QED) is 0.871. The lowest BCUT2D eigenvalue weighted by atomic mass is 9.96. The molecule has 2 rings (SSSR count). The summed E-state index contributed by atoms with van der Waals surface area (Å²) in [6.45, 7) is 5.39. The first-order valence-corrected chi connectivity index (χ1v) is 6.81. The first-order valence-electron chi connectivity index (χ1n) is 5.93. The first-order chi connectivity index (χ1) is 8.27. The second kappa shape index (κ2) is 5.94. The predicted molar refractivity (Wildman–Crippen MR) is 73.0 cm³/mol. The molecule has 0 bridgehead atoms. The van der Waals surface area contributed by atoms with Crippen LogP contribution in [0, 0.1) is 5.92 Å². The van der Waals surface area contributed by atoms with Crippen LogP contribution in [-0.2, 0) is 6.54 Å². The lowest BCUT2D eigenvalue weighted by molar-refractivity contribution is 0.412. The third-order valence-electron chi connectivity index (χ3n) is 2.81. The molecule has 0 aliphatic rings. The van der Waals surface area contributed by atoms with Crippen LogP contribution in [0.2, 0.25) is 0 Å². The van der Waals surface area contributed by atoms with Crippen LogP contribution < -0.4 is 5.32 Å². The molecule has 1 N–H and O–H groups in total. The number of nitrogens with zero attached hydrogens (tertiary/aromatic N) is 1. The Balaban J connectivity index is 2.03. The van der Waals surface area contributed by atoms with Crippen molar-refractivity contribution in [3.63, 3.8) is 0 Å². The minimum Gasteiger partial charge on any atom is -0.305 e. The van der Waals surface area contributed by atoms with Gasteiger partial charge in [-0.05, 0) is 11.5 Å². The van der Waals surface area contributed by atoms with Crippen LogP contribution in [0.5, 0.6) is 0 Å². The predicted octanol–water partition coefficient (Wildman–Crippen LogP) is 3.63. The molecule has 0 radical (unpaired) electrons. The van der Waals surface area contributed by atoms with Crippen molar-refractivity contribution < 1.29 is 0 Å². The number of nitrogens with one attached hydrogen (secondary N) is 1. The second-order valence-electron chi connectivity index (χ2n) is 4.48. The van der Waals surface area contributed by atoms with Gasteiger partial charge in [0.25, 0.3) is 0 Å². The van der Waals surface area contributed by atoms with E-state index in [1.165, 1.54) is 10.4 Å². The van der Waals surface area contributed by atoms with Crippen LogP contribution in [0.25, 0.3) is 0 Å². The number of thiazole rings is 1. The molecule has 17 heavy (non-hydrogen) atoms. The monoisotopic (exact) mass is 246 g/mol. The first kappa shape index (κ1) is 12.3. The smallest absolute Gasteiger partial charge is 0.0794 e. The fraction of sp³-hybridized carbons (Fsp3) is 0.357. The van der Waals surface area contributed by atoms with Crippen LogP contribution in [-0.4, -0.2) is 4.98 Å². The Bertz CT molecular complexity index is 423. The summed E-state index contributed by atoms with van der Waals surface area (Å²) in [6, 6.07) is 11.0. The highest BCUT2D eigenvalue weighted by molar-refractivity contribution is 7.09. The third-order valence-corrected chi connectivity index (χ3v) is 3.58. The van der Waals surface area contributed by atoms with E-state index in [9.17, 15) is 0 Å². The van der Waals surface area contributed by atoms with Gasteiger partial charge in [0.05, 0.1) is 5.51 Å². The van der Waals surface area contributed by atoms with Crippen molar-refractivity contribution in [2.24, 2.45) is 5.92 Å². The zero-order valence-corrected chi connectivity index (χ0v) is 11.1. The van der Waals surface area contributed by atoms with Crippen molar-refractivity contribution >= 4 is 11.3 Å². The summed E-state index contributed by atoms with van der Waals surface area (Å²) >= 11 is 1.70. The van der Waals surface area contributed by atoms with Gasteiger partial charge in [-0.25, -0.2) is 0 Å². The molecule has 0 aliphatic carbocycles. The summed E-state index contributed by atoms with van der Waals surface area (Å²) in [7, 11) is 0. The van der Waals surface area contributed by atoms with E-state index in [4.69, 9.17) is 0 Å². The molecular weight excluding hydrogens is 228 g/mol. The van der Waals surface area contributed by atoms with Gasteiger partial charge in [0.2, 0.25) is 0 Å². The highest BCUT2D eigenvalue weighted by Gasteiger charge is 2.14. The van der Waals surface area contributed by atoms with Gasteiger partial charge in [0, 0.05) is 23.7 Å². The molecule has 0 spiro atoms. The zero-order chi connectivity index (χ0) is 12.1. The Morgan fingerprint density at radius 1 is 1.24 bits per heavy atom. The summed E-state index contributed by atoms with van der Waals surface area (Å²) in [5.74, 6) is 0.574. The topological polar surface area (TPSA) is 24.9 Å². The number of benzene rings is 1. The van der Waals surface area contributed by atoms with Gasteiger partial charge < -0.3 is 5.32 Å². The van der Waals surface area contributed by atoms with Gasteiger partial charge >= 0.3 is 0 Å². The van der Waals surface area contributed by atoms with Crippen molar-refractivity contribution in [3.8, 4) is 0 Å². The van der Waals surface area contributed by atoms with Crippen LogP contribution in [0.1, 0.15) is 30.3 Å². The van der Waals surface area contributed by atoms with Crippen LogP contribution in [0.15, 0.2) is 42.0 Å². The number of hydrogen-bond acceptors (Lipinski definition) is 3. The summed E-state index contributed by atoms with van der Waals surface area (Å²) in [6.07, 6.45) is 1.93. The molecule has 0 saturated carbocycles. The molecule has 0 fully saturated rings. The molecule has 1 aromatic carbocycles. The van der Waals surface area contributed by atoms with Crippen LogP contribution >= 0.6 is 11.3 Å². The average molecular weight is 246 g/mol. The molecule has 2 nitrogen and oxygen atoms in total. The Kier molecular flexibility index (Phi) is 4.29. The van der Waals surface area contributed by atoms with E-state index in [1.807, 2.05) is 11.7 Å². The molecule has 1 aromatic heterocycles. The van der Waals surface area contributed by atoms with Crippen molar-refractivity contribution in [1.29, 1.82) is 0 Å². The molecule has 3 heteroatoms. The molecule has 0 aliphatic heterocycles. The lowest BCUT2D eigenvalue weighted by Crippen LogP contribution is -2.24. The fourth-order valence-corrected chi connectivity index (χ4v) is 2.48. The molecule has 1 atom stereocenters. The average Bonchev–Trinajstić information content (AvgIpc) is 2.83. The SMILES string of the molecule is CC(C)C(NCc1cncs1)c1ccccc1. The number of hydrogen-bond donors (Lipinski definition) is 1. The van der Waals surface area contributed by atoms with Crippen molar-refractivity contribution in [1.82, 2.24) is 10.3 Å². The lowest BCUT2D eigenvalue weighted by Gasteiger charge is -2.22. The zero-order valence-electron chi connectivity index (χ0n) is 10.3. The largest absolute Gasteiger partial charge is 0.305 e. The van der Waals surface area contributed by atoms with Gasteiger partial charge in [-0.2, -0.15) is 0 Å². The molecule has 0 saturated heterocycles.